The minimum atomic E-state index is -0.253. The van der Waals surface area contributed by atoms with Gasteiger partial charge in [-0.25, -0.2) is 4.98 Å². The Kier molecular flexibility index (Phi) is 5.29. The average Bonchev–Trinajstić information content (AvgIpc) is 2.81. The Morgan fingerprint density at radius 3 is 2.60 bits per heavy atom. The summed E-state index contributed by atoms with van der Waals surface area (Å²) in [4.78, 5) is 5.95. The topological polar surface area (TPSA) is 45.2 Å². The molecule has 0 spiro atoms. The number of rotatable bonds is 6. The quantitative estimate of drug-likeness (QED) is 0.855. The number of hydrogen-bond donors (Lipinski definition) is 2. The van der Waals surface area contributed by atoms with Crippen LogP contribution in [-0.2, 0) is 0 Å². The number of aliphatic hydroxyl groups excluding tert-OH is 1. The zero-order valence-corrected chi connectivity index (χ0v) is 13.1. The van der Waals surface area contributed by atoms with Crippen LogP contribution < -0.4 is 5.32 Å². The Labute approximate surface area is 124 Å². The van der Waals surface area contributed by atoms with Crippen molar-refractivity contribution in [2.75, 3.05) is 6.54 Å². The number of nitrogens with zero attached hydrogens (tertiary/aromatic N) is 1. The van der Waals surface area contributed by atoms with Gasteiger partial charge in [-0.15, -0.1) is 11.3 Å². The first-order valence-electron chi connectivity index (χ1n) is 7.02. The molecule has 0 fully saturated rings. The summed E-state index contributed by atoms with van der Waals surface area (Å²) in [5.41, 5.74) is 2.26. The molecule has 2 rings (SSSR count). The number of aryl methyl sites for hydroxylation is 1. The largest absolute Gasteiger partial charge is 0.393 e. The minimum Gasteiger partial charge on any atom is -0.393 e. The summed E-state index contributed by atoms with van der Waals surface area (Å²) in [6.07, 6.45) is 0.519. The average molecular weight is 290 g/mol. The van der Waals surface area contributed by atoms with E-state index in [0.29, 0.717) is 0 Å². The molecule has 0 amide bonds. The zero-order valence-electron chi connectivity index (χ0n) is 12.3. The van der Waals surface area contributed by atoms with E-state index < -0.39 is 0 Å². The Hall–Kier alpha value is -1.23. The van der Waals surface area contributed by atoms with Crippen LogP contribution >= 0.6 is 11.3 Å². The Bertz CT molecular complexity index is 537. The van der Waals surface area contributed by atoms with E-state index >= 15 is 0 Å². The standard InChI is InChI=1S/C16H22N2OS/c1-11(19)9-10-17-12(2)15-13(3)18-16(20-15)14-7-5-4-6-8-14/h4-8,11-12,17,19H,9-10H2,1-3H3. The summed E-state index contributed by atoms with van der Waals surface area (Å²) in [7, 11) is 0. The summed E-state index contributed by atoms with van der Waals surface area (Å²) < 4.78 is 0. The number of hydrogen-bond acceptors (Lipinski definition) is 4. The monoisotopic (exact) mass is 290 g/mol. The molecule has 0 bridgehead atoms. The molecule has 2 N–H and O–H groups in total. The van der Waals surface area contributed by atoms with E-state index in [-0.39, 0.29) is 12.1 Å². The molecule has 0 aliphatic rings. The number of aliphatic hydroxyl groups is 1. The molecule has 0 aliphatic carbocycles. The molecule has 2 aromatic rings. The van der Waals surface area contributed by atoms with Gasteiger partial charge in [0, 0.05) is 16.5 Å². The van der Waals surface area contributed by atoms with E-state index in [2.05, 4.69) is 36.3 Å². The van der Waals surface area contributed by atoms with Crippen LogP contribution in [0.4, 0.5) is 0 Å². The van der Waals surface area contributed by atoms with Crippen molar-refractivity contribution in [1.29, 1.82) is 0 Å². The molecule has 2 atom stereocenters. The van der Waals surface area contributed by atoms with Crippen molar-refractivity contribution < 1.29 is 5.11 Å². The van der Waals surface area contributed by atoms with Crippen molar-refractivity contribution in [2.24, 2.45) is 0 Å². The van der Waals surface area contributed by atoms with E-state index in [1.807, 2.05) is 25.1 Å². The Balaban J connectivity index is 2.07. The molecule has 108 valence electrons. The molecular formula is C16H22N2OS. The van der Waals surface area contributed by atoms with Gasteiger partial charge in [-0.1, -0.05) is 30.3 Å². The van der Waals surface area contributed by atoms with Gasteiger partial charge in [-0.2, -0.15) is 0 Å². The van der Waals surface area contributed by atoms with Crippen molar-refractivity contribution >= 4 is 11.3 Å². The van der Waals surface area contributed by atoms with Crippen LogP contribution in [0, 0.1) is 6.92 Å². The van der Waals surface area contributed by atoms with Gasteiger partial charge in [0.15, 0.2) is 0 Å². The lowest BCUT2D eigenvalue weighted by atomic mass is 10.2. The van der Waals surface area contributed by atoms with Crippen LogP contribution in [0.1, 0.15) is 36.9 Å². The molecule has 0 saturated carbocycles. The Morgan fingerprint density at radius 2 is 1.95 bits per heavy atom. The van der Waals surface area contributed by atoms with E-state index in [1.165, 1.54) is 10.4 Å². The third-order valence-corrected chi connectivity index (χ3v) is 4.65. The molecule has 0 aliphatic heterocycles. The van der Waals surface area contributed by atoms with Crippen molar-refractivity contribution in [3.05, 3.63) is 40.9 Å². The highest BCUT2D eigenvalue weighted by Gasteiger charge is 2.14. The third kappa shape index (κ3) is 3.88. The first-order valence-corrected chi connectivity index (χ1v) is 7.83. The van der Waals surface area contributed by atoms with Crippen molar-refractivity contribution in [2.45, 2.75) is 39.3 Å². The SMILES string of the molecule is Cc1nc(-c2ccccc2)sc1C(C)NCCC(C)O. The van der Waals surface area contributed by atoms with Crippen LogP contribution in [0.25, 0.3) is 10.6 Å². The summed E-state index contributed by atoms with van der Waals surface area (Å²) in [5, 5.41) is 13.8. The second-order valence-electron chi connectivity index (χ2n) is 5.15. The fourth-order valence-corrected chi connectivity index (χ4v) is 3.21. The molecule has 0 saturated heterocycles. The van der Waals surface area contributed by atoms with Crippen molar-refractivity contribution in [1.82, 2.24) is 10.3 Å². The second kappa shape index (κ2) is 6.97. The van der Waals surface area contributed by atoms with Crippen LogP contribution in [0.15, 0.2) is 30.3 Å². The van der Waals surface area contributed by atoms with Crippen molar-refractivity contribution in [3.63, 3.8) is 0 Å². The summed E-state index contributed by atoms with van der Waals surface area (Å²) in [6, 6.07) is 10.5. The lowest BCUT2D eigenvalue weighted by molar-refractivity contribution is 0.182. The van der Waals surface area contributed by atoms with E-state index in [9.17, 15) is 5.11 Å². The van der Waals surface area contributed by atoms with Crippen molar-refractivity contribution in [3.8, 4) is 10.6 Å². The summed E-state index contributed by atoms with van der Waals surface area (Å²) >= 11 is 1.74. The maximum Gasteiger partial charge on any atom is 0.123 e. The normalized spacial score (nSPS) is 14.2. The maximum atomic E-state index is 9.29. The maximum absolute atomic E-state index is 9.29. The first-order chi connectivity index (χ1) is 9.58. The Morgan fingerprint density at radius 1 is 1.25 bits per heavy atom. The molecule has 20 heavy (non-hydrogen) atoms. The fraction of sp³-hybridized carbons (Fsp3) is 0.438. The molecule has 3 nitrogen and oxygen atoms in total. The van der Waals surface area contributed by atoms with E-state index in [1.54, 1.807) is 11.3 Å². The lowest BCUT2D eigenvalue weighted by Crippen LogP contribution is -2.22. The van der Waals surface area contributed by atoms with Crippen LogP contribution in [0.2, 0.25) is 0 Å². The van der Waals surface area contributed by atoms with Gasteiger partial charge in [-0.05, 0) is 33.7 Å². The minimum absolute atomic E-state index is 0.253. The molecule has 1 aromatic carbocycles. The highest BCUT2D eigenvalue weighted by atomic mass is 32.1. The van der Waals surface area contributed by atoms with Gasteiger partial charge in [0.1, 0.15) is 5.01 Å². The van der Waals surface area contributed by atoms with Gasteiger partial charge in [0.05, 0.1) is 11.8 Å². The number of nitrogens with one attached hydrogen (secondary N) is 1. The van der Waals surface area contributed by atoms with Crippen LogP contribution in [0.5, 0.6) is 0 Å². The van der Waals surface area contributed by atoms with E-state index in [0.717, 1.165) is 23.7 Å². The number of thiazole rings is 1. The van der Waals surface area contributed by atoms with Gasteiger partial charge < -0.3 is 10.4 Å². The predicted octanol–water partition coefficient (Wildman–Crippen LogP) is 3.54. The first kappa shape index (κ1) is 15.2. The number of aromatic nitrogens is 1. The van der Waals surface area contributed by atoms with Gasteiger partial charge >= 0.3 is 0 Å². The second-order valence-corrected chi connectivity index (χ2v) is 6.18. The molecular weight excluding hydrogens is 268 g/mol. The molecule has 1 aromatic heterocycles. The molecule has 0 radical (unpaired) electrons. The highest BCUT2D eigenvalue weighted by Crippen LogP contribution is 2.31. The lowest BCUT2D eigenvalue weighted by Gasteiger charge is -2.13. The fourth-order valence-electron chi connectivity index (χ4n) is 2.12. The van der Waals surface area contributed by atoms with Gasteiger partial charge in [-0.3, -0.25) is 0 Å². The predicted molar refractivity (Wildman–Crippen MR) is 85.0 cm³/mol. The summed E-state index contributed by atoms with van der Waals surface area (Å²) in [5.74, 6) is 0. The van der Waals surface area contributed by atoms with Crippen LogP contribution in [-0.4, -0.2) is 22.7 Å². The molecule has 4 heteroatoms. The number of benzene rings is 1. The zero-order chi connectivity index (χ0) is 14.5. The highest BCUT2D eigenvalue weighted by molar-refractivity contribution is 7.15. The molecule has 2 unspecified atom stereocenters. The third-order valence-electron chi connectivity index (χ3n) is 3.26. The molecule has 1 heterocycles. The summed E-state index contributed by atoms with van der Waals surface area (Å²) in [6.45, 7) is 6.84. The van der Waals surface area contributed by atoms with Gasteiger partial charge in [0.25, 0.3) is 0 Å². The van der Waals surface area contributed by atoms with Gasteiger partial charge in [0.2, 0.25) is 0 Å². The smallest absolute Gasteiger partial charge is 0.123 e. The van der Waals surface area contributed by atoms with Crippen LogP contribution in [0.3, 0.4) is 0 Å². The van der Waals surface area contributed by atoms with E-state index in [4.69, 9.17) is 0 Å².